The first kappa shape index (κ1) is 27.0. The number of alkyl halides is 3. The highest BCUT2D eigenvalue weighted by atomic mass is 32.2. The molecule has 0 bridgehead atoms. The average molecular weight is 523 g/mol. The molecule has 0 aliphatic carbocycles. The lowest BCUT2D eigenvalue weighted by Crippen LogP contribution is -2.28. The molecule has 0 radical (unpaired) electrons. The number of nitrogens with zero attached hydrogens (tertiary/aromatic N) is 1. The molecule has 1 heterocycles. The number of hydrogen-bond acceptors (Lipinski definition) is 5. The second-order valence-corrected chi connectivity index (χ2v) is 9.83. The van der Waals surface area contributed by atoms with Gasteiger partial charge in [0.2, 0.25) is 10.0 Å². The van der Waals surface area contributed by atoms with Crippen LogP contribution in [0.1, 0.15) is 22.4 Å². The first-order valence-electron chi connectivity index (χ1n) is 10.7. The number of ether oxygens (including phenoxy) is 1. The number of urea groups is 1. The molecule has 192 valence electrons. The van der Waals surface area contributed by atoms with Crippen LogP contribution in [0, 0.1) is 6.92 Å². The molecule has 0 saturated carbocycles. The van der Waals surface area contributed by atoms with Crippen LogP contribution in [0.5, 0.6) is 5.75 Å². The van der Waals surface area contributed by atoms with Crippen molar-refractivity contribution in [2.75, 3.05) is 18.7 Å². The van der Waals surface area contributed by atoms with Crippen LogP contribution in [0.25, 0.3) is 11.3 Å². The summed E-state index contributed by atoms with van der Waals surface area (Å²) in [5, 5.41) is 5.25. The molecule has 0 aliphatic heterocycles. The number of amides is 2. The Morgan fingerprint density at radius 1 is 1.03 bits per heavy atom. The van der Waals surface area contributed by atoms with Gasteiger partial charge in [0.25, 0.3) is 0 Å². The van der Waals surface area contributed by atoms with Crippen LogP contribution in [0.4, 0.5) is 23.7 Å². The predicted molar refractivity (Wildman–Crippen MR) is 130 cm³/mol. The van der Waals surface area contributed by atoms with Gasteiger partial charge in [-0.2, -0.15) is 13.2 Å². The van der Waals surface area contributed by atoms with Gasteiger partial charge in [-0.15, -0.1) is 0 Å². The van der Waals surface area contributed by atoms with Crippen molar-refractivity contribution in [3.8, 4) is 17.0 Å². The zero-order valence-electron chi connectivity index (χ0n) is 19.7. The summed E-state index contributed by atoms with van der Waals surface area (Å²) < 4.78 is 70.1. The van der Waals surface area contributed by atoms with Crippen LogP contribution >= 0.6 is 0 Å². The minimum Gasteiger partial charge on any atom is -0.496 e. The second-order valence-electron chi connectivity index (χ2n) is 8.00. The highest BCUT2D eigenvalue weighted by molar-refractivity contribution is 7.88. The van der Waals surface area contributed by atoms with E-state index < -0.39 is 27.9 Å². The summed E-state index contributed by atoms with van der Waals surface area (Å²) in [4.78, 5) is 16.3. The van der Waals surface area contributed by atoms with Crippen molar-refractivity contribution in [1.82, 2.24) is 15.0 Å². The number of aromatic nitrogens is 1. The van der Waals surface area contributed by atoms with Crippen molar-refractivity contribution < 1.29 is 31.1 Å². The number of nitrogens with one attached hydrogen (secondary N) is 3. The topological polar surface area (TPSA) is 109 Å². The minimum atomic E-state index is -4.61. The molecule has 0 fully saturated rings. The van der Waals surface area contributed by atoms with Crippen LogP contribution in [0.3, 0.4) is 0 Å². The summed E-state index contributed by atoms with van der Waals surface area (Å²) in [6, 6.07) is 13.2. The normalized spacial score (nSPS) is 11.7. The van der Waals surface area contributed by atoms with Gasteiger partial charge in [0.1, 0.15) is 11.4 Å². The Morgan fingerprint density at radius 3 is 2.39 bits per heavy atom. The van der Waals surface area contributed by atoms with Gasteiger partial charge in [-0.25, -0.2) is 22.9 Å². The smallest absolute Gasteiger partial charge is 0.433 e. The first-order chi connectivity index (χ1) is 16.9. The summed E-state index contributed by atoms with van der Waals surface area (Å²) in [6.45, 7) is 1.75. The van der Waals surface area contributed by atoms with Crippen molar-refractivity contribution in [2.24, 2.45) is 0 Å². The molecule has 0 unspecified atom stereocenters. The Bertz CT molecular complexity index is 1360. The highest BCUT2D eigenvalue weighted by Crippen LogP contribution is 2.31. The van der Waals surface area contributed by atoms with E-state index in [0.29, 0.717) is 28.1 Å². The molecule has 8 nitrogen and oxygen atoms in total. The zero-order chi connectivity index (χ0) is 26.5. The Morgan fingerprint density at radius 2 is 1.75 bits per heavy atom. The number of aryl methyl sites for hydroxylation is 1. The van der Waals surface area contributed by atoms with Crippen LogP contribution in [-0.4, -0.2) is 32.8 Å². The van der Waals surface area contributed by atoms with Gasteiger partial charge >= 0.3 is 12.2 Å². The lowest BCUT2D eigenvalue weighted by atomic mass is 10.0. The molecule has 12 heteroatoms. The largest absolute Gasteiger partial charge is 0.496 e. The van der Waals surface area contributed by atoms with Crippen LogP contribution in [-0.2, 0) is 29.3 Å². The number of benzene rings is 2. The Labute approximate surface area is 207 Å². The zero-order valence-corrected chi connectivity index (χ0v) is 20.5. The predicted octanol–water partition coefficient (Wildman–Crippen LogP) is 4.46. The third-order valence-corrected chi connectivity index (χ3v) is 5.74. The maximum atomic E-state index is 13.3. The average Bonchev–Trinajstić information content (AvgIpc) is 2.80. The fraction of sp³-hybridized carbons (Fsp3) is 0.250. The van der Waals surface area contributed by atoms with Gasteiger partial charge < -0.3 is 15.4 Å². The van der Waals surface area contributed by atoms with Gasteiger partial charge in [-0.1, -0.05) is 35.9 Å². The maximum Gasteiger partial charge on any atom is 0.433 e. The van der Waals surface area contributed by atoms with E-state index in [1.54, 1.807) is 30.3 Å². The van der Waals surface area contributed by atoms with Gasteiger partial charge in [0.15, 0.2) is 0 Å². The highest BCUT2D eigenvalue weighted by Gasteiger charge is 2.33. The third-order valence-electron chi connectivity index (χ3n) is 5.07. The third kappa shape index (κ3) is 7.43. The van der Waals surface area contributed by atoms with Gasteiger partial charge in [-0.05, 0) is 30.7 Å². The standard InChI is InChI=1S/C24H25F3N4O4S/c1-15-5-4-6-16(11-15)22-18(8-10-21(31-22)24(25,26)27)13-28-23(32)30-19-9-7-17(20(12-19)35-2)14-29-36(3,33)34/h4-12,29H,13-14H2,1-3H3,(H2,28,30,32). The number of sulfonamides is 1. The number of rotatable bonds is 8. The fourth-order valence-electron chi connectivity index (χ4n) is 3.36. The fourth-order valence-corrected chi connectivity index (χ4v) is 3.78. The lowest BCUT2D eigenvalue weighted by molar-refractivity contribution is -0.141. The van der Waals surface area contributed by atoms with Crippen molar-refractivity contribution in [1.29, 1.82) is 0 Å². The second kappa shape index (κ2) is 11.0. The van der Waals surface area contributed by atoms with E-state index in [9.17, 15) is 26.4 Å². The van der Waals surface area contributed by atoms with E-state index in [-0.39, 0.29) is 18.8 Å². The molecule has 1 aromatic heterocycles. The maximum absolute atomic E-state index is 13.3. The summed E-state index contributed by atoms with van der Waals surface area (Å²) in [6.07, 6.45) is -3.57. The molecule has 3 rings (SSSR count). The number of pyridine rings is 1. The summed E-state index contributed by atoms with van der Waals surface area (Å²) in [7, 11) is -1.99. The monoisotopic (exact) mass is 522 g/mol. The molecular formula is C24H25F3N4O4S. The molecule has 3 aromatic rings. The number of hydrogen-bond donors (Lipinski definition) is 3. The van der Waals surface area contributed by atoms with Crippen LogP contribution in [0.2, 0.25) is 0 Å². The van der Waals surface area contributed by atoms with Crippen molar-refractivity contribution in [3.63, 3.8) is 0 Å². The molecule has 2 amide bonds. The van der Waals surface area contributed by atoms with Crippen molar-refractivity contribution >= 4 is 21.7 Å². The number of carbonyl (C=O) groups is 1. The van der Waals surface area contributed by atoms with Gasteiger partial charge in [-0.3, -0.25) is 0 Å². The molecular weight excluding hydrogens is 497 g/mol. The van der Waals surface area contributed by atoms with Crippen LogP contribution in [0.15, 0.2) is 54.6 Å². The number of carbonyl (C=O) groups excluding carboxylic acids is 1. The molecule has 0 saturated heterocycles. The summed E-state index contributed by atoms with van der Waals surface area (Å²) in [5.41, 5.74) is 1.80. The van der Waals surface area contributed by atoms with E-state index in [2.05, 4.69) is 20.3 Å². The lowest BCUT2D eigenvalue weighted by Gasteiger charge is -2.15. The van der Waals surface area contributed by atoms with Crippen molar-refractivity contribution in [2.45, 2.75) is 26.2 Å². The molecule has 0 aliphatic rings. The molecule has 0 atom stereocenters. The van der Waals surface area contributed by atoms with Crippen LogP contribution < -0.4 is 20.1 Å². The summed E-state index contributed by atoms with van der Waals surface area (Å²) in [5.74, 6) is 0.359. The molecule has 0 spiro atoms. The van der Waals surface area contributed by atoms with E-state index >= 15 is 0 Å². The van der Waals surface area contributed by atoms with Gasteiger partial charge in [0, 0.05) is 36.0 Å². The van der Waals surface area contributed by atoms with E-state index in [1.165, 1.54) is 19.2 Å². The molecule has 3 N–H and O–H groups in total. The first-order valence-corrected chi connectivity index (χ1v) is 12.6. The number of anilines is 1. The van der Waals surface area contributed by atoms with Crippen molar-refractivity contribution in [3.05, 3.63) is 77.0 Å². The number of methoxy groups -OCH3 is 1. The number of halogens is 3. The summed E-state index contributed by atoms with van der Waals surface area (Å²) >= 11 is 0. The van der Waals surface area contributed by atoms with E-state index in [0.717, 1.165) is 17.9 Å². The van der Waals surface area contributed by atoms with Gasteiger partial charge in [0.05, 0.1) is 19.1 Å². The van der Waals surface area contributed by atoms with E-state index in [1.807, 2.05) is 13.0 Å². The Balaban J connectivity index is 1.75. The Hall–Kier alpha value is -3.64. The minimum absolute atomic E-state index is 0.0111. The SMILES string of the molecule is COc1cc(NC(=O)NCc2ccc(C(F)(F)F)nc2-c2cccc(C)c2)ccc1CNS(C)(=O)=O. The molecule has 36 heavy (non-hydrogen) atoms. The molecule has 2 aromatic carbocycles. The quantitative estimate of drug-likeness (QED) is 0.405. The van der Waals surface area contributed by atoms with E-state index in [4.69, 9.17) is 4.74 Å². The Kier molecular flexibility index (Phi) is 8.21.